The van der Waals surface area contributed by atoms with E-state index in [-0.39, 0.29) is 24.2 Å². The number of imidazole rings is 1. The number of hydrogen-bond acceptors (Lipinski definition) is 4. The molecule has 114 valence electrons. The number of carbonyl (C=O) groups excluding carboxylic acids is 2. The van der Waals surface area contributed by atoms with Crippen molar-refractivity contribution >= 4 is 11.9 Å². The van der Waals surface area contributed by atoms with E-state index in [1.165, 1.54) is 0 Å². The second kappa shape index (κ2) is 5.87. The Morgan fingerprint density at radius 2 is 2.24 bits per heavy atom. The lowest BCUT2D eigenvalue weighted by Crippen LogP contribution is -2.46. The number of esters is 1. The number of H-pyrrole nitrogens is 1. The van der Waals surface area contributed by atoms with Crippen molar-refractivity contribution in [3.05, 3.63) is 18.2 Å². The van der Waals surface area contributed by atoms with Crippen LogP contribution in [0.5, 0.6) is 0 Å². The molecule has 1 aromatic rings. The summed E-state index contributed by atoms with van der Waals surface area (Å²) in [6.45, 7) is 0.543. The molecule has 1 amide bonds. The van der Waals surface area contributed by atoms with Crippen molar-refractivity contribution in [2.45, 2.75) is 50.5 Å². The predicted molar refractivity (Wildman–Crippen MR) is 75.3 cm³/mol. The molecule has 1 atom stereocenters. The molecule has 0 aromatic carbocycles. The van der Waals surface area contributed by atoms with Gasteiger partial charge in [-0.05, 0) is 25.7 Å². The minimum Gasteiger partial charge on any atom is -0.458 e. The van der Waals surface area contributed by atoms with Crippen molar-refractivity contribution in [2.24, 2.45) is 5.92 Å². The SMILES string of the molecule is O=C1C[C@H](C(=O)NCCc2cnc[nH]2)C2(CCCCC2)O1. The van der Waals surface area contributed by atoms with Crippen LogP contribution in [0.25, 0.3) is 0 Å². The predicted octanol–water partition coefficient (Wildman–Crippen LogP) is 1.33. The molecule has 2 fully saturated rings. The largest absolute Gasteiger partial charge is 0.458 e. The van der Waals surface area contributed by atoms with E-state index in [9.17, 15) is 9.59 Å². The molecule has 3 rings (SSSR count). The number of hydrogen-bond donors (Lipinski definition) is 2. The van der Waals surface area contributed by atoms with Crippen LogP contribution in [0.1, 0.15) is 44.2 Å². The van der Waals surface area contributed by atoms with Crippen LogP contribution in [-0.4, -0.2) is 34.0 Å². The molecule has 1 spiro atoms. The summed E-state index contributed by atoms with van der Waals surface area (Å²) in [6.07, 6.45) is 9.16. The van der Waals surface area contributed by atoms with Gasteiger partial charge < -0.3 is 15.0 Å². The number of amides is 1. The third-order valence-corrected chi connectivity index (χ3v) is 4.59. The van der Waals surface area contributed by atoms with Crippen LogP contribution in [0.15, 0.2) is 12.5 Å². The molecular weight excluding hydrogens is 270 g/mol. The number of nitrogens with one attached hydrogen (secondary N) is 2. The van der Waals surface area contributed by atoms with Gasteiger partial charge in [0.15, 0.2) is 0 Å². The summed E-state index contributed by atoms with van der Waals surface area (Å²) in [7, 11) is 0. The van der Waals surface area contributed by atoms with E-state index in [0.29, 0.717) is 13.0 Å². The zero-order valence-corrected chi connectivity index (χ0v) is 12.1. The van der Waals surface area contributed by atoms with Crippen LogP contribution in [-0.2, 0) is 20.7 Å². The van der Waals surface area contributed by atoms with Crippen molar-refractivity contribution in [1.29, 1.82) is 0 Å². The Morgan fingerprint density at radius 3 is 2.95 bits per heavy atom. The Hall–Kier alpha value is -1.85. The van der Waals surface area contributed by atoms with Crippen LogP contribution >= 0.6 is 0 Å². The molecule has 6 nitrogen and oxygen atoms in total. The van der Waals surface area contributed by atoms with Gasteiger partial charge in [-0.25, -0.2) is 4.98 Å². The minimum absolute atomic E-state index is 0.0535. The molecular formula is C15H21N3O3. The summed E-state index contributed by atoms with van der Waals surface area (Å²) in [5.41, 5.74) is 0.453. The number of nitrogens with zero attached hydrogens (tertiary/aromatic N) is 1. The summed E-state index contributed by atoms with van der Waals surface area (Å²) in [5.74, 6) is -0.611. The summed E-state index contributed by atoms with van der Waals surface area (Å²) >= 11 is 0. The number of aromatic amines is 1. The normalized spacial score (nSPS) is 24.0. The molecule has 0 radical (unpaired) electrons. The van der Waals surface area contributed by atoms with E-state index in [4.69, 9.17) is 4.74 Å². The molecule has 21 heavy (non-hydrogen) atoms. The maximum absolute atomic E-state index is 12.4. The van der Waals surface area contributed by atoms with Crippen LogP contribution < -0.4 is 5.32 Å². The van der Waals surface area contributed by atoms with Gasteiger partial charge in [0.1, 0.15) is 5.60 Å². The van der Waals surface area contributed by atoms with Gasteiger partial charge in [0, 0.05) is 24.9 Å². The summed E-state index contributed by atoms with van der Waals surface area (Å²) in [6, 6.07) is 0. The maximum Gasteiger partial charge on any atom is 0.307 e. The van der Waals surface area contributed by atoms with E-state index in [1.807, 2.05) is 0 Å². The van der Waals surface area contributed by atoms with Crippen molar-refractivity contribution in [3.63, 3.8) is 0 Å². The highest BCUT2D eigenvalue weighted by Gasteiger charge is 2.52. The van der Waals surface area contributed by atoms with E-state index < -0.39 is 5.60 Å². The molecule has 1 aliphatic carbocycles. The van der Waals surface area contributed by atoms with Crippen molar-refractivity contribution in [3.8, 4) is 0 Å². The van der Waals surface area contributed by atoms with Crippen molar-refractivity contribution in [1.82, 2.24) is 15.3 Å². The molecule has 0 bridgehead atoms. The van der Waals surface area contributed by atoms with Gasteiger partial charge in [0.2, 0.25) is 5.91 Å². The highest BCUT2D eigenvalue weighted by atomic mass is 16.6. The molecule has 6 heteroatoms. The van der Waals surface area contributed by atoms with Gasteiger partial charge in [-0.2, -0.15) is 0 Å². The first-order chi connectivity index (χ1) is 10.2. The van der Waals surface area contributed by atoms with Gasteiger partial charge in [0.25, 0.3) is 0 Å². The number of aromatic nitrogens is 2. The zero-order chi connectivity index (χ0) is 14.7. The Balaban J connectivity index is 1.58. The second-order valence-corrected chi connectivity index (χ2v) is 5.97. The number of rotatable bonds is 4. The van der Waals surface area contributed by atoms with Gasteiger partial charge in [-0.1, -0.05) is 6.42 Å². The third-order valence-electron chi connectivity index (χ3n) is 4.59. The van der Waals surface area contributed by atoms with E-state index in [1.54, 1.807) is 12.5 Å². The summed E-state index contributed by atoms with van der Waals surface area (Å²) < 4.78 is 5.56. The zero-order valence-electron chi connectivity index (χ0n) is 12.1. The lowest BCUT2D eigenvalue weighted by atomic mass is 9.75. The first kappa shape index (κ1) is 14.1. The Bertz CT molecular complexity index is 506. The summed E-state index contributed by atoms with van der Waals surface area (Å²) in [4.78, 5) is 31.0. The fraction of sp³-hybridized carbons (Fsp3) is 0.667. The van der Waals surface area contributed by atoms with Crippen LogP contribution in [0.4, 0.5) is 0 Å². The van der Waals surface area contributed by atoms with Crippen LogP contribution in [0.2, 0.25) is 0 Å². The van der Waals surface area contributed by atoms with Gasteiger partial charge in [-0.15, -0.1) is 0 Å². The first-order valence-electron chi connectivity index (χ1n) is 7.66. The Kier molecular flexibility index (Phi) is 3.94. The topological polar surface area (TPSA) is 84.1 Å². The average molecular weight is 291 g/mol. The molecule has 0 unspecified atom stereocenters. The number of carbonyl (C=O) groups is 2. The van der Waals surface area contributed by atoms with Crippen molar-refractivity contribution < 1.29 is 14.3 Å². The van der Waals surface area contributed by atoms with Gasteiger partial charge in [0.05, 0.1) is 18.7 Å². The first-order valence-corrected chi connectivity index (χ1v) is 7.66. The smallest absolute Gasteiger partial charge is 0.307 e. The van der Waals surface area contributed by atoms with E-state index in [2.05, 4.69) is 15.3 Å². The monoisotopic (exact) mass is 291 g/mol. The lowest BCUT2D eigenvalue weighted by Gasteiger charge is -2.36. The maximum atomic E-state index is 12.4. The Labute approximate surface area is 123 Å². The fourth-order valence-electron chi connectivity index (χ4n) is 3.49. The number of ether oxygens (including phenoxy) is 1. The standard InChI is InChI=1S/C15H21N3O3/c19-13-8-12(15(21-13)5-2-1-3-6-15)14(20)17-7-4-11-9-16-10-18-11/h9-10,12H,1-8H2,(H,16,18)(H,17,20)/t12-/m1/s1. The molecule has 1 aromatic heterocycles. The molecule has 2 aliphatic rings. The van der Waals surface area contributed by atoms with E-state index >= 15 is 0 Å². The quantitative estimate of drug-likeness (QED) is 0.820. The average Bonchev–Trinajstić information content (AvgIpc) is 3.08. The highest BCUT2D eigenvalue weighted by Crippen LogP contribution is 2.44. The van der Waals surface area contributed by atoms with Crippen LogP contribution in [0, 0.1) is 5.92 Å². The molecule has 2 N–H and O–H groups in total. The second-order valence-electron chi connectivity index (χ2n) is 5.97. The van der Waals surface area contributed by atoms with Gasteiger partial charge in [-0.3, -0.25) is 9.59 Å². The molecule has 1 saturated carbocycles. The van der Waals surface area contributed by atoms with Gasteiger partial charge >= 0.3 is 5.97 Å². The molecule has 1 aliphatic heterocycles. The minimum atomic E-state index is -0.534. The van der Waals surface area contributed by atoms with Crippen molar-refractivity contribution in [2.75, 3.05) is 6.54 Å². The van der Waals surface area contributed by atoms with Crippen LogP contribution in [0.3, 0.4) is 0 Å². The van der Waals surface area contributed by atoms with E-state index in [0.717, 1.165) is 37.8 Å². The molecule has 2 heterocycles. The molecule has 1 saturated heterocycles. The Morgan fingerprint density at radius 1 is 1.43 bits per heavy atom. The third kappa shape index (κ3) is 2.94. The highest BCUT2D eigenvalue weighted by molar-refractivity contribution is 5.87. The fourth-order valence-corrected chi connectivity index (χ4v) is 3.49. The lowest BCUT2D eigenvalue weighted by molar-refractivity contribution is -0.153. The summed E-state index contributed by atoms with van der Waals surface area (Å²) in [5, 5.41) is 2.94.